The zero-order valence-corrected chi connectivity index (χ0v) is 59.1. The van der Waals surface area contributed by atoms with Crippen molar-refractivity contribution < 1.29 is 142 Å². The molecule has 0 aromatic rings. The second-order valence-corrected chi connectivity index (χ2v) is 25.9. The van der Waals surface area contributed by atoms with Gasteiger partial charge < -0.3 is 141 Å². The van der Waals surface area contributed by atoms with Crippen molar-refractivity contribution >= 4 is 53.0 Å². The number of nitrogens with one attached hydrogen (secondary N) is 9. The quantitative estimate of drug-likeness (QED) is 0.0252. The van der Waals surface area contributed by atoms with E-state index in [-0.39, 0.29) is 148 Å². The molecular formula is C65H115N9O29. The predicted molar refractivity (Wildman–Crippen MR) is 357 cm³/mol. The second kappa shape index (κ2) is 50.2. The maximum absolute atomic E-state index is 13.8. The molecule has 0 aromatic carbocycles. The Bertz CT molecular complexity index is 2520. The van der Waals surface area contributed by atoms with E-state index in [1.807, 2.05) is 0 Å². The molecule has 3 heterocycles. The Balaban J connectivity index is 1.32. The van der Waals surface area contributed by atoms with Crippen molar-refractivity contribution in [3.05, 3.63) is 0 Å². The minimum atomic E-state index is -1.54. The summed E-state index contributed by atoms with van der Waals surface area (Å²) in [6, 6.07) is -6.13. The Morgan fingerprint density at radius 3 is 1.20 bits per heavy atom. The Morgan fingerprint density at radius 1 is 0.408 bits per heavy atom. The molecule has 3 saturated heterocycles. The standard InChI is InChI=1S/C65H115N9O29/c1-37(79)70-52-58(90)55(87)46(34-76)101-63(52)98-27-24-95-21-18-66-49(84)16-15-44(62(94)68-20-23-97-26-29-100-65-54(72-39(3)81)60(92)57(89)48(36-78)103-65)74-51(86)17-14-43(61(93)67-19-22-96-25-28-99-64-53(71-38(2)80)59(91)56(88)47(35-77)102-64)69-32-42(82)12-10-8-6-4-5-7-9-11-13-50(85)73-41-30-40(33-75)45(83)31-41/h40-41,43-48,52-60,63-65,69,75-78,83,87-92H,4-36H2,1-3H3,(H,66,84)(H,67,93)(H,68,94)(H,70,79)(H,71,80)(H,72,81)(H,73,85)(H,74,86)/t40?,41?,43?,44?,45?,46-,47?,48?,52?,53?,54?,55?,56?,57?,58?,59?,60?,63?,64?,65?/m1/s1. The average molecular weight is 1490 g/mol. The molecule has 8 amide bonds. The number of carbonyl (C=O) groups excluding carboxylic acids is 9. The summed E-state index contributed by atoms with van der Waals surface area (Å²) < 4.78 is 50.4. The maximum atomic E-state index is 13.8. The van der Waals surface area contributed by atoms with Crippen molar-refractivity contribution in [2.45, 2.75) is 240 Å². The highest BCUT2D eigenvalue weighted by atomic mass is 16.7. The summed E-state index contributed by atoms with van der Waals surface area (Å²) in [7, 11) is 0. The number of rotatable bonds is 52. The van der Waals surface area contributed by atoms with Crippen LogP contribution in [0.4, 0.5) is 0 Å². The van der Waals surface area contributed by atoms with Gasteiger partial charge in [-0.15, -0.1) is 0 Å². The van der Waals surface area contributed by atoms with E-state index < -0.39 is 171 Å². The maximum Gasteiger partial charge on any atom is 0.242 e. The van der Waals surface area contributed by atoms with Crippen molar-refractivity contribution in [3.8, 4) is 0 Å². The number of unbranched alkanes of at least 4 members (excludes halogenated alkanes) is 7. The van der Waals surface area contributed by atoms with E-state index in [2.05, 4.69) is 47.9 Å². The van der Waals surface area contributed by atoms with Gasteiger partial charge >= 0.3 is 0 Å². The first kappa shape index (κ1) is 90.0. The van der Waals surface area contributed by atoms with Gasteiger partial charge in [0.2, 0.25) is 47.3 Å². The summed E-state index contributed by atoms with van der Waals surface area (Å²) in [5, 5.41) is 135. The molecule has 0 bridgehead atoms. The van der Waals surface area contributed by atoms with Crippen molar-refractivity contribution in [1.82, 2.24) is 47.9 Å². The number of Topliss-reactive ketones (excluding diaryl/α,β-unsaturated/α-hetero) is 1. The third kappa shape index (κ3) is 33.5. The van der Waals surface area contributed by atoms with Gasteiger partial charge in [-0.3, -0.25) is 48.5 Å². The largest absolute Gasteiger partial charge is 0.396 e. The number of amides is 8. The van der Waals surface area contributed by atoms with Crippen LogP contribution in [-0.4, -0.2) is 337 Å². The number of aliphatic hydroxyl groups excluding tert-OH is 11. The molecule has 4 aliphatic rings. The molecule has 20 atom stereocenters. The summed E-state index contributed by atoms with van der Waals surface area (Å²) in [4.78, 5) is 116. The van der Waals surface area contributed by atoms with E-state index in [9.17, 15) is 99.3 Å². The van der Waals surface area contributed by atoms with Gasteiger partial charge in [0, 0.05) is 84.7 Å². The molecule has 1 saturated carbocycles. The Morgan fingerprint density at radius 2 is 0.796 bits per heavy atom. The van der Waals surface area contributed by atoms with Gasteiger partial charge in [0.25, 0.3) is 0 Å². The first-order valence-corrected chi connectivity index (χ1v) is 35.5. The molecular weight excluding hydrogens is 1370 g/mol. The van der Waals surface area contributed by atoms with Crippen LogP contribution >= 0.6 is 0 Å². The normalized spacial score (nSPS) is 28.3. The fraction of sp³-hybridized carbons (Fsp3) is 0.862. The first-order chi connectivity index (χ1) is 49.3. The topological polar surface area (TPSA) is 568 Å². The molecule has 594 valence electrons. The van der Waals surface area contributed by atoms with Gasteiger partial charge in [0.15, 0.2) is 18.9 Å². The first-order valence-electron chi connectivity index (χ1n) is 35.5. The molecule has 3 aliphatic heterocycles. The lowest BCUT2D eigenvalue weighted by atomic mass is 9.97. The third-order valence-corrected chi connectivity index (χ3v) is 17.6. The molecule has 1 aliphatic carbocycles. The Hall–Kier alpha value is -5.41. The molecule has 0 radical (unpaired) electrons. The van der Waals surface area contributed by atoms with E-state index >= 15 is 0 Å². The van der Waals surface area contributed by atoms with Crippen LogP contribution in [0.25, 0.3) is 0 Å². The van der Waals surface area contributed by atoms with Crippen molar-refractivity contribution in [2.75, 3.05) is 112 Å². The number of ketones is 1. The lowest BCUT2D eigenvalue weighted by Gasteiger charge is -2.42. The van der Waals surface area contributed by atoms with Gasteiger partial charge in [0.05, 0.1) is 98.0 Å². The Labute approximate surface area is 598 Å². The summed E-state index contributed by atoms with van der Waals surface area (Å²) in [5.74, 6) is -4.69. The minimum Gasteiger partial charge on any atom is -0.396 e. The highest BCUT2D eigenvalue weighted by molar-refractivity contribution is 5.89. The molecule has 103 heavy (non-hydrogen) atoms. The average Bonchev–Trinajstić information content (AvgIpc) is 1.57. The third-order valence-electron chi connectivity index (χ3n) is 17.6. The number of aliphatic hydroxyl groups is 11. The lowest BCUT2D eigenvalue weighted by Crippen LogP contribution is -2.64. The van der Waals surface area contributed by atoms with E-state index in [0.29, 0.717) is 25.7 Å². The molecule has 0 spiro atoms. The van der Waals surface area contributed by atoms with Gasteiger partial charge in [-0.2, -0.15) is 0 Å². The predicted octanol–water partition coefficient (Wildman–Crippen LogP) is -8.01. The zero-order valence-electron chi connectivity index (χ0n) is 59.1. The fourth-order valence-electron chi connectivity index (χ4n) is 12.0. The smallest absolute Gasteiger partial charge is 0.242 e. The summed E-state index contributed by atoms with van der Waals surface area (Å²) in [6.45, 7) is 0.196. The van der Waals surface area contributed by atoms with Gasteiger partial charge in [0.1, 0.15) is 84.9 Å². The molecule has 38 nitrogen and oxygen atoms in total. The van der Waals surface area contributed by atoms with Gasteiger partial charge in [-0.1, -0.05) is 38.5 Å². The molecule has 20 N–H and O–H groups in total. The molecule has 38 heteroatoms. The van der Waals surface area contributed by atoms with Gasteiger partial charge in [-0.25, -0.2) is 0 Å². The highest BCUT2D eigenvalue weighted by Gasteiger charge is 2.48. The van der Waals surface area contributed by atoms with Crippen LogP contribution in [0.5, 0.6) is 0 Å². The summed E-state index contributed by atoms with van der Waals surface area (Å²) in [6.07, 6.45) is -10.1. The molecule has 4 rings (SSSR count). The van der Waals surface area contributed by atoms with Crippen LogP contribution in [-0.2, 0) is 85.8 Å². The SMILES string of the molecule is CC(=O)NC1C(OCCOCCNC(=O)C(CCC(=O)NC(CCC(=O)NCCOCCOC2O[C@H](CO)C(O)C(O)C2NC(C)=O)C(=O)NCCOCCOC2OC(CO)C(O)C(O)C2NC(C)=O)NCC(=O)CCCCCCCCCCC(=O)NC2CC(O)C(CO)C2)OC(CO)C(O)C1O. The van der Waals surface area contributed by atoms with Crippen LogP contribution in [0.15, 0.2) is 0 Å². The lowest BCUT2D eigenvalue weighted by molar-refractivity contribution is -0.272. The van der Waals surface area contributed by atoms with E-state index in [1.54, 1.807) is 0 Å². The zero-order chi connectivity index (χ0) is 75.8. The highest BCUT2D eigenvalue weighted by Crippen LogP contribution is 2.27. The fourth-order valence-corrected chi connectivity index (χ4v) is 12.0. The Kier molecular flexibility index (Phi) is 43.9. The van der Waals surface area contributed by atoms with Crippen molar-refractivity contribution in [1.29, 1.82) is 0 Å². The summed E-state index contributed by atoms with van der Waals surface area (Å²) in [5.41, 5.74) is 0. The minimum absolute atomic E-state index is 0.0171. The number of hydrogen-bond acceptors (Lipinski definition) is 30. The molecule has 4 fully saturated rings. The second-order valence-electron chi connectivity index (χ2n) is 25.9. The van der Waals surface area contributed by atoms with E-state index in [1.165, 1.54) is 20.8 Å². The number of ether oxygens (including phenoxy) is 9. The van der Waals surface area contributed by atoms with Crippen LogP contribution in [0.3, 0.4) is 0 Å². The molecule has 0 aromatic heterocycles. The number of hydrogen-bond donors (Lipinski definition) is 20. The monoisotopic (exact) mass is 1490 g/mol. The van der Waals surface area contributed by atoms with Gasteiger partial charge in [-0.05, 0) is 38.5 Å². The van der Waals surface area contributed by atoms with Crippen LogP contribution < -0.4 is 47.9 Å². The molecule has 19 unspecified atom stereocenters. The number of carbonyl (C=O) groups is 9. The van der Waals surface area contributed by atoms with E-state index in [0.717, 1.165) is 44.9 Å². The summed E-state index contributed by atoms with van der Waals surface area (Å²) >= 11 is 0. The van der Waals surface area contributed by atoms with Crippen molar-refractivity contribution in [3.63, 3.8) is 0 Å². The van der Waals surface area contributed by atoms with E-state index in [4.69, 9.17) is 42.6 Å². The van der Waals surface area contributed by atoms with Crippen molar-refractivity contribution in [2.24, 2.45) is 5.92 Å². The van der Waals surface area contributed by atoms with Crippen LogP contribution in [0.2, 0.25) is 0 Å². The van der Waals surface area contributed by atoms with Crippen LogP contribution in [0.1, 0.15) is 124 Å². The van der Waals surface area contributed by atoms with Crippen LogP contribution in [0, 0.1) is 5.92 Å².